The number of fused-ring (bicyclic) bond motifs is 1. The van der Waals surface area contributed by atoms with Crippen LogP contribution in [0.2, 0.25) is 0 Å². The van der Waals surface area contributed by atoms with E-state index >= 15 is 0 Å². The number of nitrogens with one attached hydrogen (secondary N) is 1. The Labute approximate surface area is 156 Å². The second-order valence-corrected chi connectivity index (χ2v) is 6.68. The summed E-state index contributed by atoms with van der Waals surface area (Å²) in [5, 5.41) is 10.7. The number of benzene rings is 1. The van der Waals surface area contributed by atoms with Crippen LogP contribution < -0.4 is 5.32 Å². The van der Waals surface area contributed by atoms with E-state index in [0.717, 1.165) is 24.1 Å². The molecule has 1 fully saturated rings. The van der Waals surface area contributed by atoms with Crippen LogP contribution in [0.4, 0.5) is 0 Å². The van der Waals surface area contributed by atoms with Crippen molar-refractivity contribution in [3.05, 3.63) is 48.5 Å². The van der Waals surface area contributed by atoms with Gasteiger partial charge in [0.25, 0.3) is 11.7 Å². The van der Waals surface area contributed by atoms with Crippen LogP contribution in [0.15, 0.2) is 43.0 Å². The lowest BCUT2D eigenvalue weighted by Crippen LogP contribution is -2.37. The van der Waals surface area contributed by atoms with E-state index in [9.17, 15) is 9.59 Å². The van der Waals surface area contributed by atoms with E-state index in [-0.39, 0.29) is 17.9 Å². The standard InChI is InChI=1S/C19H20N6O2/c1-2-6-24-11-16(8-17(24)26)22-18(27)14-5-3-4-13(7-14)15-9-20-19-23-21-12-25(19)10-15/h3-5,7,9-10,12,16H,2,6,8,11H2,1H3,(H,22,27). The summed E-state index contributed by atoms with van der Waals surface area (Å²) in [6, 6.07) is 7.21. The predicted octanol–water partition coefficient (Wildman–Crippen LogP) is 1.53. The van der Waals surface area contributed by atoms with Crippen molar-refractivity contribution in [2.45, 2.75) is 25.8 Å². The molecule has 1 aromatic carbocycles. The largest absolute Gasteiger partial charge is 0.347 e. The molecular weight excluding hydrogens is 344 g/mol. The van der Waals surface area contributed by atoms with Gasteiger partial charge in [0.05, 0.1) is 6.04 Å². The Morgan fingerprint density at radius 2 is 2.22 bits per heavy atom. The molecule has 27 heavy (non-hydrogen) atoms. The molecule has 0 spiro atoms. The van der Waals surface area contributed by atoms with Crippen molar-refractivity contribution in [1.29, 1.82) is 0 Å². The molecule has 3 aromatic rings. The van der Waals surface area contributed by atoms with E-state index in [4.69, 9.17) is 0 Å². The van der Waals surface area contributed by atoms with Gasteiger partial charge in [0.2, 0.25) is 5.91 Å². The molecular formula is C19H20N6O2. The van der Waals surface area contributed by atoms with Crippen molar-refractivity contribution in [2.24, 2.45) is 0 Å². The van der Waals surface area contributed by atoms with Gasteiger partial charge in [-0.1, -0.05) is 19.1 Å². The molecule has 1 atom stereocenters. The molecule has 8 heteroatoms. The van der Waals surface area contributed by atoms with Gasteiger partial charge in [-0.05, 0) is 24.1 Å². The summed E-state index contributed by atoms with van der Waals surface area (Å²) in [7, 11) is 0. The fourth-order valence-corrected chi connectivity index (χ4v) is 3.34. The Morgan fingerprint density at radius 3 is 3.07 bits per heavy atom. The van der Waals surface area contributed by atoms with Crippen LogP contribution in [0.1, 0.15) is 30.1 Å². The van der Waals surface area contributed by atoms with Gasteiger partial charge in [-0.25, -0.2) is 4.98 Å². The maximum absolute atomic E-state index is 12.6. The highest BCUT2D eigenvalue weighted by Crippen LogP contribution is 2.20. The van der Waals surface area contributed by atoms with Crippen molar-refractivity contribution >= 4 is 17.6 Å². The van der Waals surface area contributed by atoms with Crippen molar-refractivity contribution in [1.82, 2.24) is 29.8 Å². The summed E-state index contributed by atoms with van der Waals surface area (Å²) in [6.45, 7) is 3.35. The lowest BCUT2D eigenvalue weighted by molar-refractivity contribution is -0.127. The van der Waals surface area contributed by atoms with E-state index in [1.54, 1.807) is 27.9 Å². The quantitative estimate of drug-likeness (QED) is 0.741. The van der Waals surface area contributed by atoms with Crippen LogP contribution in [0.25, 0.3) is 16.9 Å². The molecule has 3 heterocycles. The molecule has 138 valence electrons. The van der Waals surface area contributed by atoms with Crippen LogP contribution >= 0.6 is 0 Å². The molecule has 8 nitrogen and oxygen atoms in total. The minimum absolute atomic E-state index is 0.101. The number of hydrogen-bond acceptors (Lipinski definition) is 5. The fourth-order valence-electron chi connectivity index (χ4n) is 3.34. The Balaban J connectivity index is 1.50. The average molecular weight is 364 g/mol. The summed E-state index contributed by atoms with van der Waals surface area (Å²) < 4.78 is 1.73. The maximum Gasteiger partial charge on any atom is 0.254 e. The number of rotatable bonds is 5. The molecule has 0 bridgehead atoms. The summed E-state index contributed by atoms with van der Waals surface area (Å²) in [4.78, 5) is 30.7. The number of nitrogens with zero attached hydrogens (tertiary/aromatic N) is 5. The van der Waals surface area contributed by atoms with Crippen molar-refractivity contribution in [2.75, 3.05) is 13.1 Å². The molecule has 1 unspecified atom stereocenters. The smallest absolute Gasteiger partial charge is 0.254 e. The second-order valence-electron chi connectivity index (χ2n) is 6.68. The van der Waals surface area contributed by atoms with E-state index < -0.39 is 0 Å². The molecule has 0 radical (unpaired) electrons. The first-order chi connectivity index (χ1) is 13.1. The predicted molar refractivity (Wildman–Crippen MR) is 99.0 cm³/mol. The molecule has 1 N–H and O–H groups in total. The minimum atomic E-state index is -0.175. The number of likely N-dealkylation sites (tertiary alicyclic amines) is 1. The first-order valence-electron chi connectivity index (χ1n) is 8.98. The molecule has 1 aliphatic heterocycles. The van der Waals surface area contributed by atoms with Crippen molar-refractivity contribution in [3.63, 3.8) is 0 Å². The van der Waals surface area contributed by atoms with Crippen LogP contribution in [0.5, 0.6) is 0 Å². The number of carbonyl (C=O) groups is 2. The molecule has 1 aliphatic rings. The number of carbonyl (C=O) groups excluding carboxylic acids is 2. The lowest BCUT2D eigenvalue weighted by Gasteiger charge is -2.16. The van der Waals surface area contributed by atoms with Gasteiger partial charge >= 0.3 is 0 Å². The van der Waals surface area contributed by atoms with E-state index in [1.165, 1.54) is 0 Å². The van der Waals surface area contributed by atoms with Gasteiger partial charge in [-0.2, -0.15) is 0 Å². The SMILES string of the molecule is CCCN1CC(NC(=O)c2cccc(-c3cnc4nncn4c3)c2)CC1=O. The first-order valence-corrected chi connectivity index (χ1v) is 8.98. The van der Waals surface area contributed by atoms with Crippen LogP contribution in [0, 0.1) is 0 Å². The Morgan fingerprint density at radius 1 is 1.33 bits per heavy atom. The zero-order chi connectivity index (χ0) is 18.8. The summed E-state index contributed by atoms with van der Waals surface area (Å²) in [5.74, 6) is 0.450. The Hall–Kier alpha value is -3.29. The van der Waals surface area contributed by atoms with E-state index in [2.05, 4.69) is 20.5 Å². The van der Waals surface area contributed by atoms with Gasteiger partial charge in [0.1, 0.15) is 6.33 Å². The van der Waals surface area contributed by atoms with Gasteiger partial charge in [0, 0.05) is 43.0 Å². The average Bonchev–Trinajstić information content (AvgIpc) is 3.28. The first kappa shape index (κ1) is 17.1. The summed E-state index contributed by atoms with van der Waals surface area (Å²) >= 11 is 0. The van der Waals surface area contributed by atoms with Gasteiger partial charge < -0.3 is 10.2 Å². The molecule has 0 saturated carbocycles. The normalized spacial score (nSPS) is 16.9. The third-order valence-electron chi connectivity index (χ3n) is 4.65. The lowest BCUT2D eigenvalue weighted by atomic mass is 10.1. The number of hydrogen-bond donors (Lipinski definition) is 1. The van der Waals surface area contributed by atoms with Crippen LogP contribution in [-0.2, 0) is 4.79 Å². The molecule has 1 saturated heterocycles. The topological polar surface area (TPSA) is 92.5 Å². The Kier molecular flexibility index (Phi) is 4.53. The van der Waals surface area contributed by atoms with Crippen LogP contribution in [-0.4, -0.2) is 55.4 Å². The zero-order valence-corrected chi connectivity index (χ0v) is 15.0. The second kappa shape index (κ2) is 7.14. The van der Waals surface area contributed by atoms with E-state index in [1.807, 2.05) is 31.3 Å². The number of aromatic nitrogens is 4. The van der Waals surface area contributed by atoms with Crippen LogP contribution in [0.3, 0.4) is 0 Å². The Bertz CT molecular complexity index is 999. The summed E-state index contributed by atoms with van der Waals surface area (Å²) in [5.41, 5.74) is 2.29. The third-order valence-corrected chi connectivity index (χ3v) is 4.65. The van der Waals surface area contributed by atoms with Gasteiger partial charge in [-0.3, -0.25) is 14.0 Å². The third kappa shape index (κ3) is 3.51. The van der Waals surface area contributed by atoms with E-state index in [0.29, 0.717) is 24.3 Å². The molecule has 2 aromatic heterocycles. The maximum atomic E-state index is 12.6. The van der Waals surface area contributed by atoms with Crippen molar-refractivity contribution < 1.29 is 9.59 Å². The molecule has 4 rings (SSSR count). The highest BCUT2D eigenvalue weighted by Gasteiger charge is 2.30. The molecule has 0 aliphatic carbocycles. The highest BCUT2D eigenvalue weighted by molar-refractivity contribution is 5.96. The highest BCUT2D eigenvalue weighted by atomic mass is 16.2. The number of amides is 2. The monoisotopic (exact) mass is 364 g/mol. The minimum Gasteiger partial charge on any atom is -0.347 e. The summed E-state index contributed by atoms with van der Waals surface area (Å²) in [6.07, 6.45) is 6.44. The zero-order valence-electron chi connectivity index (χ0n) is 15.0. The molecule has 2 amide bonds. The van der Waals surface area contributed by atoms with Gasteiger partial charge in [-0.15, -0.1) is 10.2 Å². The van der Waals surface area contributed by atoms with Gasteiger partial charge in [0.15, 0.2) is 0 Å². The van der Waals surface area contributed by atoms with Crippen molar-refractivity contribution in [3.8, 4) is 11.1 Å². The fraction of sp³-hybridized carbons (Fsp3) is 0.316.